The summed E-state index contributed by atoms with van der Waals surface area (Å²) in [5.74, 6) is 1.21. The summed E-state index contributed by atoms with van der Waals surface area (Å²) in [5.41, 5.74) is 5.98. The Kier molecular flexibility index (Phi) is 8.61. The van der Waals surface area contributed by atoms with Crippen molar-refractivity contribution in [2.75, 3.05) is 11.9 Å². The zero-order valence-electron chi connectivity index (χ0n) is 19.8. The van der Waals surface area contributed by atoms with Crippen LogP contribution in [0.1, 0.15) is 23.6 Å². The van der Waals surface area contributed by atoms with E-state index in [1.807, 2.05) is 56.3 Å². The summed E-state index contributed by atoms with van der Waals surface area (Å²) < 4.78 is 13.6. The molecule has 0 radical (unpaired) electrons. The van der Waals surface area contributed by atoms with Gasteiger partial charge in [0.25, 0.3) is 0 Å². The smallest absolute Gasteiger partial charge is 0.339 e. The van der Waals surface area contributed by atoms with Crippen molar-refractivity contribution in [1.82, 2.24) is 5.43 Å². The fraction of sp³-hybridized carbons (Fsp3) is 0.143. The molecular formula is C28H25Br2N3O3. The number of urea groups is 1. The maximum Gasteiger partial charge on any atom is 0.339 e. The maximum absolute atomic E-state index is 12.2. The van der Waals surface area contributed by atoms with Crippen LogP contribution in [0.5, 0.6) is 11.5 Å². The number of aryl methyl sites for hydroxylation is 1. The summed E-state index contributed by atoms with van der Waals surface area (Å²) in [6.45, 7) is 4.76. The van der Waals surface area contributed by atoms with E-state index in [1.54, 1.807) is 6.21 Å². The molecule has 0 fully saturated rings. The number of hydrazone groups is 1. The number of amides is 2. The molecule has 4 aromatic carbocycles. The van der Waals surface area contributed by atoms with Gasteiger partial charge in [-0.05, 0) is 88.1 Å². The molecule has 36 heavy (non-hydrogen) atoms. The molecule has 184 valence electrons. The predicted octanol–water partition coefficient (Wildman–Crippen LogP) is 7.81. The summed E-state index contributed by atoms with van der Waals surface area (Å²) in [7, 11) is 0. The Hall–Kier alpha value is -3.36. The van der Waals surface area contributed by atoms with E-state index in [2.05, 4.69) is 78.0 Å². The standard InChI is InChI=1S/C28H25Br2N3O3/c1-3-35-26-14-22(16-31-33-28(34)32-23-10-11-24(29)18(2)12-23)25(30)15-27(26)36-17-19-8-9-20-6-4-5-7-21(20)13-19/h4-16H,3,17H2,1-2H3,(H2,32,33,34)/b31-16+. The highest BCUT2D eigenvalue weighted by Gasteiger charge is 2.11. The number of hydrogen-bond donors (Lipinski definition) is 2. The van der Waals surface area contributed by atoms with Gasteiger partial charge in [0, 0.05) is 20.2 Å². The highest BCUT2D eigenvalue weighted by atomic mass is 79.9. The Labute approximate surface area is 227 Å². The number of nitrogens with zero attached hydrogens (tertiary/aromatic N) is 1. The molecule has 4 aromatic rings. The van der Waals surface area contributed by atoms with Gasteiger partial charge in [-0.1, -0.05) is 52.3 Å². The molecule has 0 unspecified atom stereocenters. The molecule has 0 heterocycles. The van der Waals surface area contributed by atoms with Gasteiger partial charge in [0.05, 0.1) is 12.8 Å². The number of carbonyl (C=O) groups excluding carboxylic acids is 1. The quantitative estimate of drug-likeness (QED) is 0.158. The highest BCUT2D eigenvalue weighted by Crippen LogP contribution is 2.34. The number of benzene rings is 4. The molecule has 0 aliphatic rings. The zero-order valence-corrected chi connectivity index (χ0v) is 23.0. The van der Waals surface area contributed by atoms with Crippen molar-refractivity contribution < 1.29 is 14.3 Å². The molecule has 8 heteroatoms. The SMILES string of the molecule is CCOc1cc(/C=N/NC(=O)Nc2ccc(Br)c(C)c2)c(Br)cc1OCc1ccc2ccccc2c1. The van der Waals surface area contributed by atoms with Crippen LogP contribution in [0.3, 0.4) is 0 Å². The number of anilines is 1. The lowest BCUT2D eigenvalue weighted by Gasteiger charge is -2.14. The molecule has 0 aromatic heterocycles. The molecule has 0 saturated heterocycles. The minimum Gasteiger partial charge on any atom is -0.490 e. The van der Waals surface area contributed by atoms with E-state index in [1.165, 1.54) is 10.8 Å². The average Bonchev–Trinajstić information content (AvgIpc) is 2.87. The van der Waals surface area contributed by atoms with Crippen LogP contribution in [0, 0.1) is 6.92 Å². The van der Waals surface area contributed by atoms with Crippen LogP contribution in [0.2, 0.25) is 0 Å². The minimum atomic E-state index is -0.440. The van der Waals surface area contributed by atoms with E-state index in [9.17, 15) is 4.79 Å². The molecule has 0 spiro atoms. The van der Waals surface area contributed by atoms with Crippen LogP contribution in [0.25, 0.3) is 10.8 Å². The van der Waals surface area contributed by atoms with Gasteiger partial charge >= 0.3 is 6.03 Å². The molecule has 0 aliphatic carbocycles. The molecule has 0 bridgehead atoms. The fourth-order valence-electron chi connectivity index (χ4n) is 3.56. The van der Waals surface area contributed by atoms with Crippen LogP contribution in [-0.4, -0.2) is 18.9 Å². The molecule has 0 atom stereocenters. The van der Waals surface area contributed by atoms with Crippen molar-refractivity contribution in [3.05, 3.63) is 98.4 Å². The number of rotatable bonds is 8. The first-order valence-electron chi connectivity index (χ1n) is 11.4. The van der Waals surface area contributed by atoms with E-state index in [4.69, 9.17) is 9.47 Å². The Morgan fingerprint density at radius 2 is 1.69 bits per heavy atom. The third kappa shape index (κ3) is 6.65. The fourth-order valence-corrected chi connectivity index (χ4v) is 4.23. The first-order valence-corrected chi connectivity index (χ1v) is 12.9. The first-order chi connectivity index (χ1) is 17.4. The summed E-state index contributed by atoms with van der Waals surface area (Å²) in [6.07, 6.45) is 1.55. The number of nitrogens with one attached hydrogen (secondary N) is 2. The van der Waals surface area contributed by atoms with Crippen LogP contribution in [0.4, 0.5) is 10.5 Å². The van der Waals surface area contributed by atoms with E-state index >= 15 is 0 Å². The zero-order chi connectivity index (χ0) is 25.5. The lowest BCUT2D eigenvalue weighted by Crippen LogP contribution is -2.24. The molecular weight excluding hydrogens is 586 g/mol. The summed E-state index contributed by atoms with van der Waals surface area (Å²) in [4.78, 5) is 12.2. The Morgan fingerprint density at radius 3 is 2.47 bits per heavy atom. The van der Waals surface area contributed by atoms with Gasteiger partial charge < -0.3 is 14.8 Å². The summed E-state index contributed by atoms with van der Waals surface area (Å²) >= 11 is 7.01. The van der Waals surface area contributed by atoms with Gasteiger partial charge in [-0.3, -0.25) is 0 Å². The van der Waals surface area contributed by atoms with Crippen LogP contribution in [0.15, 0.2) is 86.8 Å². The van der Waals surface area contributed by atoms with Gasteiger partial charge in [-0.25, -0.2) is 10.2 Å². The minimum absolute atomic E-state index is 0.405. The second-order valence-electron chi connectivity index (χ2n) is 8.01. The number of fused-ring (bicyclic) bond motifs is 1. The highest BCUT2D eigenvalue weighted by molar-refractivity contribution is 9.10. The number of halogens is 2. The molecule has 4 rings (SSSR count). The first kappa shape index (κ1) is 25.7. The van der Waals surface area contributed by atoms with E-state index < -0.39 is 6.03 Å². The lowest BCUT2D eigenvalue weighted by molar-refractivity contribution is 0.252. The topological polar surface area (TPSA) is 72.0 Å². The number of ether oxygens (including phenoxy) is 2. The predicted molar refractivity (Wildman–Crippen MR) is 152 cm³/mol. The number of carbonyl (C=O) groups is 1. The van der Waals surface area contributed by atoms with Gasteiger partial charge in [-0.15, -0.1) is 0 Å². The molecule has 2 N–H and O–H groups in total. The Bertz CT molecular complexity index is 1420. The maximum atomic E-state index is 12.2. The summed E-state index contributed by atoms with van der Waals surface area (Å²) in [5, 5.41) is 9.18. The monoisotopic (exact) mass is 609 g/mol. The molecule has 2 amide bonds. The van der Waals surface area contributed by atoms with E-state index in [-0.39, 0.29) is 0 Å². The van der Waals surface area contributed by atoms with Crippen molar-refractivity contribution in [2.45, 2.75) is 20.5 Å². The van der Waals surface area contributed by atoms with E-state index in [0.29, 0.717) is 30.4 Å². The second-order valence-corrected chi connectivity index (χ2v) is 9.72. The number of hydrogen-bond acceptors (Lipinski definition) is 4. The van der Waals surface area contributed by atoms with Gasteiger partial charge in [0.1, 0.15) is 6.61 Å². The van der Waals surface area contributed by atoms with Gasteiger partial charge in [0.2, 0.25) is 0 Å². The van der Waals surface area contributed by atoms with E-state index in [0.717, 1.165) is 25.6 Å². The third-order valence-corrected chi connectivity index (χ3v) is 6.93. The average molecular weight is 611 g/mol. The normalized spacial score (nSPS) is 11.0. The Morgan fingerprint density at radius 1 is 0.917 bits per heavy atom. The van der Waals surface area contributed by atoms with Gasteiger partial charge in [-0.2, -0.15) is 5.10 Å². The van der Waals surface area contributed by atoms with Crippen molar-refractivity contribution in [1.29, 1.82) is 0 Å². The lowest BCUT2D eigenvalue weighted by atomic mass is 10.1. The van der Waals surface area contributed by atoms with Crippen LogP contribution >= 0.6 is 31.9 Å². The summed E-state index contributed by atoms with van der Waals surface area (Å²) in [6, 6.07) is 23.3. The van der Waals surface area contributed by atoms with Crippen molar-refractivity contribution in [2.24, 2.45) is 5.10 Å². The van der Waals surface area contributed by atoms with Crippen molar-refractivity contribution in [3.8, 4) is 11.5 Å². The van der Waals surface area contributed by atoms with Crippen LogP contribution < -0.4 is 20.2 Å². The molecule has 0 aliphatic heterocycles. The molecule has 6 nitrogen and oxygen atoms in total. The second kappa shape index (κ2) is 12.1. The molecule has 0 saturated carbocycles. The van der Waals surface area contributed by atoms with Crippen molar-refractivity contribution in [3.63, 3.8) is 0 Å². The van der Waals surface area contributed by atoms with Crippen molar-refractivity contribution >= 4 is 60.6 Å². The van der Waals surface area contributed by atoms with Gasteiger partial charge in [0.15, 0.2) is 11.5 Å². The third-order valence-electron chi connectivity index (χ3n) is 5.36. The van der Waals surface area contributed by atoms with Crippen LogP contribution in [-0.2, 0) is 6.61 Å². The largest absolute Gasteiger partial charge is 0.490 e. The Balaban J connectivity index is 1.42.